The second-order valence-electron chi connectivity index (χ2n) is 5.40. The van der Waals surface area contributed by atoms with Gasteiger partial charge in [-0.05, 0) is 58.0 Å². The molecule has 2 atom stereocenters. The Hall–Kier alpha value is -0.450. The van der Waals surface area contributed by atoms with Gasteiger partial charge in [0.05, 0.1) is 0 Å². The molecule has 106 valence electrons. The number of halogens is 2. The number of likely N-dealkylation sites (tertiary alicyclic amines) is 1. The third kappa shape index (κ3) is 3.77. The SMILES string of the molecule is CNCC1CCCN(C(C)c2ccc(Br)cc2F)C1. The van der Waals surface area contributed by atoms with Crippen LogP contribution in [0, 0.1) is 11.7 Å². The van der Waals surface area contributed by atoms with Gasteiger partial charge in [0, 0.05) is 22.6 Å². The highest BCUT2D eigenvalue weighted by atomic mass is 79.9. The number of rotatable bonds is 4. The maximum atomic E-state index is 14.0. The Labute approximate surface area is 123 Å². The first-order valence-electron chi connectivity index (χ1n) is 6.95. The van der Waals surface area contributed by atoms with Gasteiger partial charge in [-0.25, -0.2) is 4.39 Å². The van der Waals surface area contributed by atoms with Gasteiger partial charge in [0.1, 0.15) is 5.82 Å². The molecule has 1 aromatic carbocycles. The van der Waals surface area contributed by atoms with Crippen LogP contribution in [0.3, 0.4) is 0 Å². The molecule has 1 heterocycles. The molecule has 1 N–H and O–H groups in total. The van der Waals surface area contributed by atoms with Crippen LogP contribution in [0.15, 0.2) is 22.7 Å². The molecule has 0 aromatic heterocycles. The number of piperidine rings is 1. The lowest BCUT2D eigenvalue weighted by molar-refractivity contribution is 0.129. The molecular formula is C15H22BrFN2. The van der Waals surface area contributed by atoms with Crippen LogP contribution in [-0.4, -0.2) is 31.6 Å². The summed E-state index contributed by atoms with van der Waals surface area (Å²) >= 11 is 3.31. The topological polar surface area (TPSA) is 15.3 Å². The van der Waals surface area contributed by atoms with Crippen LogP contribution < -0.4 is 5.32 Å². The first-order valence-corrected chi connectivity index (χ1v) is 7.74. The minimum atomic E-state index is -0.113. The molecule has 0 spiro atoms. The first kappa shape index (κ1) is 14.9. The maximum Gasteiger partial charge on any atom is 0.129 e. The molecule has 1 aromatic rings. The van der Waals surface area contributed by atoms with Crippen LogP contribution in [0.25, 0.3) is 0 Å². The molecule has 0 saturated carbocycles. The molecule has 1 aliphatic rings. The lowest BCUT2D eigenvalue weighted by Crippen LogP contribution is -2.40. The summed E-state index contributed by atoms with van der Waals surface area (Å²) in [4.78, 5) is 2.40. The fraction of sp³-hybridized carbons (Fsp3) is 0.600. The lowest BCUT2D eigenvalue weighted by atomic mass is 9.95. The Morgan fingerprint density at radius 2 is 2.32 bits per heavy atom. The molecule has 2 rings (SSSR count). The minimum absolute atomic E-state index is 0.113. The number of benzene rings is 1. The summed E-state index contributed by atoms with van der Waals surface area (Å²) in [6, 6.07) is 5.52. The fourth-order valence-electron chi connectivity index (χ4n) is 2.94. The predicted molar refractivity (Wildman–Crippen MR) is 80.7 cm³/mol. The van der Waals surface area contributed by atoms with E-state index in [2.05, 4.69) is 33.1 Å². The van der Waals surface area contributed by atoms with Gasteiger partial charge < -0.3 is 5.32 Å². The lowest BCUT2D eigenvalue weighted by Gasteiger charge is -2.37. The highest BCUT2D eigenvalue weighted by Crippen LogP contribution is 2.29. The first-order chi connectivity index (χ1) is 9.11. The molecule has 1 fully saturated rings. The number of hydrogen-bond acceptors (Lipinski definition) is 2. The summed E-state index contributed by atoms with van der Waals surface area (Å²) in [5, 5.41) is 3.25. The van der Waals surface area contributed by atoms with Crippen molar-refractivity contribution in [3.63, 3.8) is 0 Å². The summed E-state index contributed by atoms with van der Waals surface area (Å²) in [6.07, 6.45) is 2.47. The van der Waals surface area contributed by atoms with Gasteiger partial charge in [0.2, 0.25) is 0 Å². The molecule has 2 unspecified atom stereocenters. The van der Waals surface area contributed by atoms with E-state index in [1.807, 2.05) is 19.2 Å². The molecular weight excluding hydrogens is 307 g/mol. The second-order valence-corrected chi connectivity index (χ2v) is 6.32. The Morgan fingerprint density at radius 1 is 1.53 bits per heavy atom. The number of nitrogens with one attached hydrogen (secondary N) is 1. The van der Waals surface area contributed by atoms with Crippen LogP contribution >= 0.6 is 15.9 Å². The van der Waals surface area contributed by atoms with E-state index in [0.29, 0.717) is 5.92 Å². The zero-order valence-corrected chi connectivity index (χ0v) is 13.2. The molecule has 2 nitrogen and oxygen atoms in total. The van der Waals surface area contributed by atoms with Crippen molar-refractivity contribution in [2.45, 2.75) is 25.8 Å². The van der Waals surface area contributed by atoms with Gasteiger partial charge in [-0.1, -0.05) is 22.0 Å². The summed E-state index contributed by atoms with van der Waals surface area (Å²) < 4.78 is 14.8. The van der Waals surface area contributed by atoms with Crippen molar-refractivity contribution in [1.29, 1.82) is 0 Å². The summed E-state index contributed by atoms with van der Waals surface area (Å²) in [7, 11) is 2.00. The van der Waals surface area contributed by atoms with Crippen LogP contribution in [0.4, 0.5) is 4.39 Å². The average molecular weight is 329 g/mol. The van der Waals surface area contributed by atoms with Crippen molar-refractivity contribution in [3.05, 3.63) is 34.1 Å². The van der Waals surface area contributed by atoms with Crippen molar-refractivity contribution in [2.24, 2.45) is 5.92 Å². The minimum Gasteiger partial charge on any atom is -0.319 e. The van der Waals surface area contributed by atoms with E-state index in [-0.39, 0.29) is 11.9 Å². The Bertz CT molecular complexity index is 423. The molecule has 0 amide bonds. The van der Waals surface area contributed by atoms with Crippen molar-refractivity contribution in [2.75, 3.05) is 26.7 Å². The molecule has 0 radical (unpaired) electrons. The van der Waals surface area contributed by atoms with E-state index in [0.717, 1.165) is 29.7 Å². The highest BCUT2D eigenvalue weighted by molar-refractivity contribution is 9.10. The quantitative estimate of drug-likeness (QED) is 0.908. The predicted octanol–water partition coefficient (Wildman–Crippen LogP) is 3.58. The summed E-state index contributed by atoms with van der Waals surface area (Å²) in [6.45, 7) is 5.27. The van der Waals surface area contributed by atoms with Crippen LogP contribution in [0.1, 0.15) is 31.4 Å². The molecule has 4 heteroatoms. The summed E-state index contributed by atoms with van der Waals surface area (Å²) in [5.41, 5.74) is 0.799. The molecule has 0 aliphatic carbocycles. The monoisotopic (exact) mass is 328 g/mol. The molecule has 19 heavy (non-hydrogen) atoms. The van der Waals surface area contributed by atoms with Gasteiger partial charge in [-0.2, -0.15) is 0 Å². The van der Waals surface area contributed by atoms with Gasteiger partial charge in [0.25, 0.3) is 0 Å². The normalized spacial score (nSPS) is 22.4. The summed E-state index contributed by atoms with van der Waals surface area (Å²) in [5.74, 6) is 0.567. The molecule has 1 saturated heterocycles. The zero-order chi connectivity index (χ0) is 13.8. The zero-order valence-electron chi connectivity index (χ0n) is 11.6. The average Bonchev–Trinajstić information content (AvgIpc) is 2.39. The highest BCUT2D eigenvalue weighted by Gasteiger charge is 2.25. The largest absolute Gasteiger partial charge is 0.319 e. The van der Waals surface area contributed by atoms with Crippen LogP contribution in [-0.2, 0) is 0 Å². The standard InChI is InChI=1S/C15H22BrFN2/c1-11(14-6-5-13(16)8-15(14)17)19-7-3-4-12(10-19)9-18-2/h5-6,8,11-12,18H,3-4,7,9-10H2,1-2H3. The van der Waals surface area contributed by atoms with Crippen molar-refractivity contribution in [3.8, 4) is 0 Å². The van der Waals surface area contributed by atoms with Gasteiger partial charge >= 0.3 is 0 Å². The molecule has 1 aliphatic heterocycles. The van der Waals surface area contributed by atoms with E-state index < -0.39 is 0 Å². The Balaban J connectivity index is 2.07. The fourth-order valence-corrected chi connectivity index (χ4v) is 3.27. The maximum absolute atomic E-state index is 14.0. The van der Waals surface area contributed by atoms with Crippen molar-refractivity contribution < 1.29 is 4.39 Å². The smallest absolute Gasteiger partial charge is 0.129 e. The van der Waals surface area contributed by atoms with Crippen LogP contribution in [0.5, 0.6) is 0 Å². The third-order valence-corrected chi connectivity index (χ3v) is 4.50. The Morgan fingerprint density at radius 3 is 3.00 bits per heavy atom. The third-order valence-electron chi connectivity index (χ3n) is 4.00. The number of nitrogens with zero attached hydrogens (tertiary/aromatic N) is 1. The van der Waals surface area contributed by atoms with Crippen LogP contribution in [0.2, 0.25) is 0 Å². The van der Waals surface area contributed by atoms with Gasteiger partial charge in [-0.15, -0.1) is 0 Å². The number of hydrogen-bond donors (Lipinski definition) is 1. The second kappa shape index (κ2) is 6.82. The van der Waals surface area contributed by atoms with E-state index >= 15 is 0 Å². The Kier molecular flexibility index (Phi) is 5.37. The van der Waals surface area contributed by atoms with Gasteiger partial charge in [0.15, 0.2) is 0 Å². The molecule has 0 bridgehead atoms. The van der Waals surface area contributed by atoms with Crippen molar-refractivity contribution >= 4 is 15.9 Å². The van der Waals surface area contributed by atoms with Gasteiger partial charge in [-0.3, -0.25) is 4.90 Å². The van der Waals surface area contributed by atoms with E-state index in [1.165, 1.54) is 12.8 Å². The van der Waals surface area contributed by atoms with Crippen molar-refractivity contribution in [1.82, 2.24) is 10.2 Å². The van der Waals surface area contributed by atoms with E-state index in [9.17, 15) is 4.39 Å². The van der Waals surface area contributed by atoms with E-state index in [1.54, 1.807) is 6.07 Å². The van der Waals surface area contributed by atoms with E-state index in [4.69, 9.17) is 0 Å².